The molecule has 0 saturated carbocycles. The van der Waals surface area contributed by atoms with Gasteiger partial charge in [-0.2, -0.15) is 9.40 Å². The lowest BCUT2D eigenvalue weighted by Crippen LogP contribution is -2.41. The highest BCUT2D eigenvalue weighted by atomic mass is 32.2. The van der Waals surface area contributed by atoms with Crippen LogP contribution < -0.4 is 5.32 Å². The molecule has 0 bridgehead atoms. The van der Waals surface area contributed by atoms with Crippen LogP contribution in [0.25, 0.3) is 11.0 Å². The van der Waals surface area contributed by atoms with E-state index in [1.54, 1.807) is 23.0 Å². The number of nitrogens with zero attached hydrogens (tertiary/aromatic N) is 5. The van der Waals surface area contributed by atoms with E-state index in [-0.39, 0.29) is 0 Å². The van der Waals surface area contributed by atoms with Crippen molar-refractivity contribution in [3.63, 3.8) is 0 Å². The van der Waals surface area contributed by atoms with Crippen molar-refractivity contribution >= 4 is 26.9 Å². The number of ether oxygens (including phenoxy) is 1. The van der Waals surface area contributed by atoms with E-state index in [2.05, 4.69) is 20.4 Å². The standard InChI is InChI=1S/C17H20N6O3S/c1-22-17-14(11-21-22)16(19-12-20-17)18-10-13-4-2-3-5-15(13)27(24,25)23-6-8-26-9-7-23/h2-5,11-12H,6-10H2,1H3,(H,18,19,20). The third-order valence-electron chi connectivity index (χ3n) is 4.54. The van der Waals surface area contributed by atoms with Gasteiger partial charge in [0, 0.05) is 26.7 Å². The third kappa shape index (κ3) is 3.38. The molecule has 0 radical (unpaired) electrons. The molecule has 2 aromatic heterocycles. The van der Waals surface area contributed by atoms with E-state index in [0.29, 0.717) is 54.8 Å². The van der Waals surface area contributed by atoms with Crippen molar-refractivity contribution in [2.45, 2.75) is 11.4 Å². The molecule has 3 aromatic rings. The van der Waals surface area contributed by atoms with Gasteiger partial charge in [0.15, 0.2) is 5.65 Å². The highest BCUT2D eigenvalue weighted by molar-refractivity contribution is 7.89. The summed E-state index contributed by atoms with van der Waals surface area (Å²) in [6.45, 7) is 1.89. The first-order chi connectivity index (χ1) is 13.1. The smallest absolute Gasteiger partial charge is 0.243 e. The number of benzene rings is 1. The van der Waals surface area contributed by atoms with Crippen molar-refractivity contribution in [2.24, 2.45) is 7.05 Å². The maximum Gasteiger partial charge on any atom is 0.243 e. The third-order valence-corrected chi connectivity index (χ3v) is 6.54. The Bertz CT molecular complexity index is 1060. The minimum absolute atomic E-state index is 0.302. The lowest BCUT2D eigenvalue weighted by molar-refractivity contribution is 0.0730. The largest absolute Gasteiger partial charge is 0.379 e. The van der Waals surface area contributed by atoms with Gasteiger partial charge in [0.2, 0.25) is 10.0 Å². The number of hydrogen-bond donors (Lipinski definition) is 1. The van der Waals surface area contributed by atoms with Gasteiger partial charge >= 0.3 is 0 Å². The van der Waals surface area contributed by atoms with Crippen LogP contribution in [0, 0.1) is 0 Å². The molecule has 0 amide bonds. The van der Waals surface area contributed by atoms with Gasteiger partial charge in [0.25, 0.3) is 0 Å². The Balaban J connectivity index is 1.61. The average molecular weight is 388 g/mol. The molecular weight excluding hydrogens is 368 g/mol. The predicted octanol–water partition coefficient (Wildman–Crippen LogP) is 0.996. The first kappa shape index (κ1) is 17.8. The number of rotatable bonds is 5. The molecule has 27 heavy (non-hydrogen) atoms. The fourth-order valence-corrected chi connectivity index (χ4v) is 4.74. The monoisotopic (exact) mass is 388 g/mol. The first-order valence-electron chi connectivity index (χ1n) is 8.60. The van der Waals surface area contributed by atoms with E-state index in [4.69, 9.17) is 4.74 Å². The normalized spacial score (nSPS) is 15.9. The molecule has 1 aliphatic heterocycles. The summed E-state index contributed by atoms with van der Waals surface area (Å²) in [6.07, 6.45) is 3.15. The summed E-state index contributed by atoms with van der Waals surface area (Å²) in [5.74, 6) is 0.617. The van der Waals surface area contributed by atoms with Gasteiger partial charge in [-0.25, -0.2) is 18.4 Å². The van der Waals surface area contributed by atoms with Crippen molar-refractivity contribution in [1.82, 2.24) is 24.1 Å². The molecule has 0 aliphatic carbocycles. The minimum atomic E-state index is -3.57. The molecule has 9 nitrogen and oxygen atoms in total. The van der Waals surface area contributed by atoms with Crippen molar-refractivity contribution < 1.29 is 13.2 Å². The molecule has 1 N–H and O–H groups in total. The Morgan fingerprint density at radius 1 is 1.19 bits per heavy atom. The first-order valence-corrected chi connectivity index (χ1v) is 10.0. The Morgan fingerprint density at radius 3 is 2.78 bits per heavy atom. The fraction of sp³-hybridized carbons (Fsp3) is 0.353. The Hall–Kier alpha value is -2.56. The van der Waals surface area contributed by atoms with Crippen molar-refractivity contribution in [3.05, 3.63) is 42.4 Å². The molecule has 1 fully saturated rings. The molecule has 0 atom stereocenters. The van der Waals surface area contributed by atoms with Crippen LogP contribution in [-0.2, 0) is 28.4 Å². The second-order valence-electron chi connectivity index (χ2n) is 6.21. The van der Waals surface area contributed by atoms with Crippen LogP contribution in [0.1, 0.15) is 5.56 Å². The highest BCUT2D eigenvalue weighted by Crippen LogP contribution is 2.23. The zero-order valence-electron chi connectivity index (χ0n) is 14.9. The van der Waals surface area contributed by atoms with Crippen LogP contribution in [-0.4, -0.2) is 58.8 Å². The van der Waals surface area contributed by atoms with Crippen LogP contribution in [0.15, 0.2) is 41.7 Å². The maximum absolute atomic E-state index is 13.0. The number of nitrogens with one attached hydrogen (secondary N) is 1. The van der Waals surface area contributed by atoms with Gasteiger partial charge in [-0.3, -0.25) is 4.68 Å². The minimum Gasteiger partial charge on any atom is -0.379 e. The maximum atomic E-state index is 13.0. The number of aryl methyl sites for hydroxylation is 1. The summed E-state index contributed by atoms with van der Waals surface area (Å²) < 4.78 is 34.5. The second kappa shape index (κ2) is 7.22. The van der Waals surface area contributed by atoms with Crippen LogP contribution in [0.2, 0.25) is 0 Å². The van der Waals surface area contributed by atoms with E-state index in [1.807, 2.05) is 19.2 Å². The zero-order chi connectivity index (χ0) is 18.9. The Morgan fingerprint density at radius 2 is 1.96 bits per heavy atom. The summed E-state index contributed by atoms with van der Waals surface area (Å²) in [7, 11) is -1.76. The number of aromatic nitrogens is 4. The van der Waals surface area contributed by atoms with E-state index in [9.17, 15) is 8.42 Å². The van der Waals surface area contributed by atoms with Crippen molar-refractivity contribution in [2.75, 3.05) is 31.6 Å². The van der Waals surface area contributed by atoms with Gasteiger partial charge in [-0.15, -0.1) is 0 Å². The summed E-state index contributed by atoms with van der Waals surface area (Å²) in [6, 6.07) is 7.01. The molecule has 1 saturated heterocycles. The summed E-state index contributed by atoms with van der Waals surface area (Å²) >= 11 is 0. The van der Waals surface area contributed by atoms with Crippen molar-refractivity contribution in [3.8, 4) is 0 Å². The van der Waals surface area contributed by atoms with E-state index >= 15 is 0 Å². The lowest BCUT2D eigenvalue weighted by Gasteiger charge is -2.27. The molecule has 0 spiro atoms. The Labute approximate surface area is 157 Å². The SMILES string of the molecule is Cn1ncc2c(NCc3ccccc3S(=O)(=O)N3CCOCC3)ncnc21. The van der Waals surface area contributed by atoms with Gasteiger partial charge < -0.3 is 10.1 Å². The fourth-order valence-electron chi connectivity index (χ4n) is 3.11. The molecule has 0 unspecified atom stereocenters. The average Bonchev–Trinajstić information content (AvgIpc) is 3.09. The number of anilines is 1. The van der Waals surface area contributed by atoms with Crippen LogP contribution in [0.5, 0.6) is 0 Å². The molecule has 1 aliphatic rings. The lowest BCUT2D eigenvalue weighted by atomic mass is 10.2. The molecular formula is C17H20N6O3S. The van der Waals surface area contributed by atoms with Gasteiger partial charge in [0.05, 0.1) is 29.7 Å². The predicted molar refractivity (Wildman–Crippen MR) is 99.7 cm³/mol. The number of morpholine rings is 1. The molecule has 1 aromatic carbocycles. The van der Waals surface area contributed by atoms with Crippen LogP contribution >= 0.6 is 0 Å². The number of fused-ring (bicyclic) bond motifs is 1. The number of hydrogen-bond acceptors (Lipinski definition) is 7. The summed E-state index contributed by atoms with van der Waals surface area (Å²) in [5.41, 5.74) is 1.39. The molecule has 4 rings (SSSR count). The Kier molecular flexibility index (Phi) is 4.77. The molecule has 10 heteroatoms. The summed E-state index contributed by atoms with van der Waals surface area (Å²) in [5, 5.41) is 8.20. The van der Waals surface area contributed by atoms with E-state index in [1.165, 1.54) is 10.6 Å². The summed E-state index contributed by atoms with van der Waals surface area (Å²) in [4.78, 5) is 8.78. The van der Waals surface area contributed by atoms with E-state index in [0.717, 1.165) is 5.39 Å². The second-order valence-corrected chi connectivity index (χ2v) is 8.11. The van der Waals surface area contributed by atoms with E-state index < -0.39 is 10.0 Å². The molecule has 3 heterocycles. The number of sulfonamides is 1. The van der Waals surface area contributed by atoms with Gasteiger partial charge in [-0.05, 0) is 11.6 Å². The van der Waals surface area contributed by atoms with Crippen LogP contribution in [0.3, 0.4) is 0 Å². The quantitative estimate of drug-likeness (QED) is 0.695. The van der Waals surface area contributed by atoms with Crippen LogP contribution in [0.4, 0.5) is 5.82 Å². The van der Waals surface area contributed by atoms with Gasteiger partial charge in [0.1, 0.15) is 12.1 Å². The highest BCUT2D eigenvalue weighted by Gasteiger charge is 2.28. The van der Waals surface area contributed by atoms with Crippen molar-refractivity contribution in [1.29, 1.82) is 0 Å². The topological polar surface area (TPSA) is 102 Å². The zero-order valence-corrected chi connectivity index (χ0v) is 15.7. The molecule has 142 valence electrons. The van der Waals surface area contributed by atoms with Gasteiger partial charge in [-0.1, -0.05) is 18.2 Å².